The average molecular weight is 221 g/mol. The number of benzene rings is 1. The summed E-state index contributed by atoms with van der Waals surface area (Å²) in [4.78, 5) is 13.5. The van der Waals surface area contributed by atoms with Crippen LogP contribution in [-0.4, -0.2) is 18.9 Å². The summed E-state index contributed by atoms with van der Waals surface area (Å²) < 4.78 is 13.5. The van der Waals surface area contributed by atoms with E-state index in [0.29, 0.717) is 18.8 Å². The predicted octanol–water partition coefficient (Wildman–Crippen LogP) is 2.63. The van der Waals surface area contributed by atoms with Crippen molar-refractivity contribution in [2.75, 3.05) is 18.0 Å². The van der Waals surface area contributed by atoms with Gasteiger partial charge in [-0.3, -0.25) is 4.79 Å². The second-order valence-electron chi connectivity index (χ2n) is 4.21. The van der Waals surface area contributed by atoms with E-state index in [4.69, 9.17) is 0 Å². The van der Waals surface area contributed by atoms with Crippen molar-refractivity contribution in [1.82, 2.24) is 0 Å². The van der Waals surface area contributed by atoms with E-state index in [2.05, 4.69) is 0 Å². The lowest BCUT2D eigenvalue weighted by molar-refractivity contribution is -0.118. The molecule has 0 aromatic heterocycles. The Labute approximate surface area is 95.1 Å². The van der Waals surface area contributed by atoms with E-state index in [1.54, 1.807) is 23.1 Å². The zero-order valence-corrected chi connectivity index (χ0v) is 9.45. The molecule has 2 nitrogen and oxygen atoms in total. The van der Waals surface area contributed by atoms with Gasteiger partial charge in [0, 0.05) is 12.5 Å². The minimum Gasteiger partial charge on any atom is -0.362 e. The molecule has 1 aromatic rings. The number of nitrogens with zero attached hydrogens (tertiary/aromatic N) is 1. The molecule has 3 heteroatoms. The maximum absolute atomic E-state index is 13.5. The molecule has 1 aliphatic rings. The molecule has 0 amide bonds. The number of carbonyl (C=O) groups is 1. The summed E-state index contributed by atoms with van der Waals surface area (Å²) in [6, 6.07) is 6.61. The van der Waals surface area contributed by atoms with Crippen LogP contribution < -0.4 is 4.90 Å². The van der Waals surface area contributed by atoms with E-state index in [0.717, 1.165) is 12.8 Å². The Morgan fingerprint density at radius 1 is 1.44 bits per heavy atom. The maximum atomic E-state index is 13.5. The van der Waals surface area contributed by atoms with Gasteiger partial charge in [0.2, 0.25) is 0 Å². The first-order valence-corrected chi connectivity index (χ1v) is 5.74. The standard InChI is InChI=1S/C13H16FNO/c1-2-15(9-13(16)10-7-8-10)12-6-4-3-5-11(12)14/h3-6,10H,2,7-9H2,1H3. The van der Waals surface area contributed by atoms with E-state index < -0.39 is 0 Å². The van der Waals surface area contributed by atoms with Gasteiger partial charge in [-0.05, 0) is 31.9 Å². The lowest BCUT2D eigenvalue weighted by atomic mass is 10.2. The number of halogens is 1. The van der Waals surface area contributed by atoms with Gasteiger partial charge >= 0.3 is 0 Å². The molecule has 2 rings (SSSR count). The number of rotatable bonds is 5. The molecule has 0 saturated heterocycles. The van der Waals surface area contributed by atoms with Gasteiger partial charge < -0.3 is 4.90 Å². The minimum atomic E-state index is -0.257. The van der Waals surface area contributed by atoms with E-state index in [1.807, 2.05) is 6.92 Å². The molecule has 0 radical (unpaired) electrons. The molecule has 1 fully saturated rings. The number of carbonyl (C=O) groups excluding carboxylic acids is 1. The highest BCUT2D eigenvalue weighted by Gasteiger charge is 2.30. The molecule has 0 N–H and O–H groups in total. The summed E-state index contributed by atoms with van der Waals surface area (Å²) in [7, 11) is 0. The quantitative estimate of drug-likeness (QED) is 0.761. The van der Waals surface area contributed by atoms with E-state index in [-0.39, 0.29) is 17.5 Å². The smallest absolute Gasteiger partial charge is 0.155 e. The molecular formula is C13H16FNO. The predicted molar refractivity (Wildman–Crippen MR) is 62.0 cm³/mol. The van der Waals surface area contributed by atoms with Crippen molar-refractivity contribution in [3.63, 3.8) is 0 Å². The number of para-hydroxylation sites is 1. The van der Waals surface area contributed by atoms with Crippen LogP contribution in [-0.2, 0) is 4.79 Å². The highest BCUT2D eigenvalue weighted by atomic mass is 19.1. The average Bonchev–Trinajstić information content (AvgIpc) is 3.10. The van der Waals surface area contributed by atoms with Crippen molar-refractivity contribution in [2.24, 2.45) is 5.92 Å². The number of likely N-dealkylation sites (N-methyl/N-ethyl adjacent to an activating group) is 1. The summed E-state index contributed by atoms with van der Waals surface area (Å²) in [5.41, 5.74) is 0.527. The summed E-state index contributed by atoms with van der Waals surface area (Å²) >= 11 is 0. The molecule has 1 aromatic carbocycles. The number of Topliss-reactive ketones (excluding diaryl/α,β-unsaturated/α-hetero) is 1. The van der Waals surface area contributed by atoms with Crippen molar-refractivity contribution < 1.29 is 9.18 Å². The van der Waals surface area contributed by atoms with Crippen LogP contribution >= 0.6 is 0 Å². The normalized spacial score (nSPS) is 14.9. The molecule has 0 bridgehead atoms. The molecule has 86 valence electrons. The number of anilines is 1. The van der Waals surface area contributed by atoms with Crippen LogP contribution in [0.25, 0.3) is 0 Å². The molecule has 0 aliphatic heterocycles. The lowest BCUT2D eigenvalue weighted by Crippen LogP contribution is -2.31. The topological polar surface area (TPSA) is 20.3 Å². The highest BCUT2D eigenvalue weighted by molar-refractivity contribution is 5.87. The second-order valence-corrected chi connectivity index (χ2v) is 4.21. The first-order valence-electron chi connectivity index (χ1n) is 5.74. The minimum absolute atomic E-state index is 0.237. The molecular weight excluding hydrogens is 205 g/mol. The van der Waals surface area contributed by atoms with Crippen molar-refractivity contribution in [3.8, 4) is 0 Å². The fourth-order valence-corrected chi connectivity index (χ4v) is 1.80. The first-order chi connectivity index (χ1) is 7.72. The van der Waals surface area contributed by atoms with Crippen molar-refractivity contribution in [3.05, 3.63) is 30.1 Å². The Bertz CT molecular complexity index is 387. The van der Waals surface area contributed by atoms with Gasteiger partial charge in [-0.25, -0.2) is 4.39 Å². The molecule has 0 spiro atoms. The van der Waals surface area contributed by atoms with Crippen LogP contribution in [0.1, 0.15) is 19.8 Å². The molecule has 16 heavy (non-hydrogen) atoms. The molecule has 0 unspecified atom stereocenters. The van der Waals surface area contributed by atoms with Gasteiger partial charge in [0.05, 0.1) is 12.2 Å². The van der Waals surface area contributed by atoms with Crippen LogP contribution in [0.4, 0.5) is 10.1 Å². The van der Waals surface area contributed by atoms with Gasteiger partial charge in [-0.1, -0.05) is 12.1 Å². The Hall–Kier alpha value is -1.38. The summed E-state index contributed by atoms with van der Waals surface area (Å²) in [5.74, 6) is 0.221. The van der Waals surface area contributed by atoms with E-state index >= 15 is 0 Å². The van der Waals surface area contributed by atoms with E-state index in [1.165, 1.54) is 6.07 Å². The summed E-state index contributed by atoms with van der Waals surface area (Å²) in [5, 5.41) is 0. The third-order valence-electron chi connectivity index (χ3n) is 2.95. The third-order valence-corrected chi connectivity index (χ3v) is 2.95. The largest absolute Gasteiger partial charge is 0.362 e. The van der Waals surface area contributed by atoms with Gasteiger partial charge in [0.1, 0.15) is 5.82 Å². The van der Waals surface area contributed by atoms with E-state index in [9.17, 15) is 9.18 Å². The zero-order chi connectivity index (χ0) is 11.5. The van der Waals surface area contributed by atoms with Crippen molar-refractivity contribution in [2.45, 2.75) is 19.8 Å². The summed E-state index contributed by atoms with van der Waals surface area (Å²) in [6.45, 7) is 2.92. The molecule has 1 saturated carbocycles. The highest BCUT2D eigenvalue weighted by Crippen LogP contribution is 2.30. The van der Waals surface area contributed by atoms with Crippen LogP contribution in [0.5, 0.6) is 0 Å². The number of hydrogen-bond donors (Lipinski definition) is 0. The fraction of sp³-hybridized carbons (Fsp3) is 0.462. The monoisotopic (exact) mass is 221 g/mol. The van der Waals surface area contributed by atoms with Crippen molar-refractivity contribution >= 4 is 11.5 Å². The third kappa shape index (κ3) is 2.40. The Morgan fingerprint density at radius 3 is 2.69 bits per heavy atom. The zero-order valence-electron chi connectivity index (χ0n) is 9.45. The van der Waals surface area contributed by atoms with Gasteiger partial charge in [0.15, 0.2) is 5.78 Å². The van der Waals surface area contributed by atoms with Gasteiger partial charge in [-0.2, -0.15) is 0 Å². The van der Waals surface area contributed by atoms with Crippen LogP contribution in [0.3, 0.4) is 0 Å². The van der Waals surface area contributed by atoms with Crippen LogP contribution in [0.15, 0.2) is 24.3 Å². The number of ketones is 1. The van der Waals surface area contributed by atoms with Crippen molar-refractivity contribution in [1.29, 1.82) is 0 Å². The number of hydrogen-bond acceptors (Lipinski definition) is 2. The second kappa shape index (κ2) is 4.64. The Balaban J connectivity index is 2.09. The van der Waals surface area contributed by atoms with Gasteiger partial charge in [0.25, 0.3) is 0 Å². The lowest BCUT2D eigenvalue weighted by Gasteiger charge is -2.22. The molecule has 0 atom stereocenters. The SMILES string of the molecule is CCN(CC(=O)C1CC1)c1ccccc1F. The van der Waals surface area contributed by atoms with Crippen LogP contribution in [0, 0.1) is 11.7 Å². The molecule has 0 heterocycles. The first kappa shape index (κ1) is 11.1. The Kier molecular flexibility index (Phi) is 3.22. The fourth-order valence-electron chi connectivity index (χ4n) is 1.80. The van der Waals surface area contributed by atoms with Gasteiger partial charge in [-0.15, -0.1) is 0 Å². The maximum Gasteiger partial charge on any atom is 0.155 e. The van der Waals surface area contributed by atoms with Crippen LogP contribution in [0.2, 0.25) is 0 Å². The molecule has 1 aliphatic carbocycles. The summed E-state index contributed by atoms with van der Waals surface area (Å²) in [6.07, 6.45) is 2.02. The Morgan fingerprint density at radius 2 is 2.12 bits per heavy atom.